The van der Waals surface area contributed by atoms with Gasteiger partial charge in [0, 0.05) is 18.4 Å². The van der Waals surface area contributed by atoms with Gasteiger partial charge in [-0.1, -0.05) is 12.8 Å². The van der Waals surface area contributed by atoms with Crippen LogP contribution in [0.15, 0.2) is 15.8 Å². The summed E-state index contributed by atoms with van der Waals surface area (Å²) in [7, 11) is 0. The Morgan fingerprint density at radius 3 is 2.75 bits per heavy atom. The van der Waals surface area contributed by atoms with Crippen LogP contribution < -0.4 is 17.0 Å². The molecule has 0 aromatic carbocycles. The lowest BCUT2D eigenvalue weighted by atomic mass is 10.1. The van der Waals surface area contributed by atoms with Gasteiger partial charge in [-0.3, -0.25) is 14.3 Å². The SMILES string of the molecule is Cc1cn([C@@H]2O[C@H](C)[C@@H](O)[C@H]2OCCCCCCN)c(=O)[nH]c1=O. The Balaban J connectivity index is 2.06. The standard InChI is InChI=1S/C16H27N3O5/c1-10-9-19(16(22)18-14(10)21)15-13(12(20)11(2)24-15)23-8-6-4-3-5-7-17/h9,11-13,15,20H,3-8,17H2,1-2H3,(H,18,21,22)/t11-,12-,13-,15-/m1/s1. The zero-order valence-electron chi connectivity index (χ0n) is 14.2. The Kier molecular flexibility index (Phi) is 6.73. The molecule has 1 aromatic rings. The smallest absolute Gasteiger partial charge is 0.330 e. The molecule has 0 saturated carbocycles. The molecule has 24 heavy (non-hydrogen) atoms. The number of hydrogen-bond acceptors (Lipinski definition) is 6. The fourth-order valence-corrected chi connectivity index (χ4v) is 2.81. The Morgan fingerprint density at radius 2 is 2.04 bits per heavy atom. The highest BCUT2D eigenvalue weighted by molar-refractivity contribution is 5.03. The van der Waals surface area contributed by atoms with E-state index in [0.717, 1.165) is 25.7 Å². The zero-order valence-corrected chi connectivity index (χ0v) is 14.2. The van der Waals surface area contributed by atoms with Crippen LogP contribution in [0.1, 0.15) is 44.4 Å². The van der Waals surface area contributed by atoms with E-state index in [1.165, 1.54) is 10.8 Å². The van der Waals surface area contributed by atoms with Crippen LogP contribution >= 0.6 is 0 Å². The number of aryl methyl sites for hydroxylation is 1. The number of rotatable bonds is 8. The minimum absolute atomic E-state index is 0.396. The van der Waals surface area contributed by atoms with E-state index < -0.39 is 35.8 Å². The second kappa shape index (κ2) is 8.57. The molecule has 2 rings (SSSR count). The van der Waals surface area contributed by atoms with Crippen molar-refractivity contribution in [1.82, 2.24) is 9.55 Å². The summed E-state index contributed by atoms with van der Waals surface area (Å²) in [5.74, 6) is 0. The Hall–Kier alpha value is -1.48. The molecule has 0 amide bonds. The average Bonchev–Trinajstić information content (AvgIpc) is 2.82. The second-order valence-electron chi connectivity index (χ2n) is 6.24. The molecule has 1 aromatic heterocycles. The normalized spacial score (nSPS) is 26.8. The molecule has 1 aliphatic heterocycles. The van der Waals surface area contributed by atoms with Gasteiger partial charge in [-0.2, -0.15) is 0 Å². The molecule has 0 spiro atoms. The largest absolute Gasteiger partial charge is 0.388 e. The van der Waals surface area contributed by atoms with Crippen molar-refractivity contribution in [3.8, 4) is 0 Å². The van der Waals surface area contributed by atoms with Crippen LogP contribution in [-0.2, 0) is 9.47 Å². The zero-order chi connectivity index (χ0) is 17.7. The monoisotopic (exact) mass is 341 g/mol. The third-order valence-corrected chi connectivity index (χ3v) is 4.28. The number of aromatic nitrogens is 2. The van der Waals surface area contributed by atoms with E-state index >= 15 is 0 Å². The summed E-state index contributed by atoms with van der Waals surface area (Å²) < 4.78 is 12.8. The molecule has 4 N–H and O–H groups in total. The van der Waals surface area contributed by atoms with E-state index in [0.29, 0.717) is 18.7 Å². The van der Waals surface area contributed by atoms with E-state index in [2.05, 4.69) is 4.98 Å². The molecule has 1 fully saturated rings. The predicted octanol–water partition coefficient (Wildman–Crippen LogP) is 0.0275. The maximum absolute atomic E-state index is 12.1. The minimum atomic E-state index is -0.835. The van der Waals surface area contributed by atoms with Gasteiger partial charge >= 0.3 is 5.69 Å². The molecule has 0 radical (unpaired) electrons. The molecule has 8 nitrogen and oxygen atoms in total. The van der Waals surface area contributed by atoms with Gasteiger partial charge in [-0.15, -0.1) is 0 Å². The highest BCUT2D eigenvalue weighted by atomic mass is 16.6. The summed E-state index contributed by atoms with van der Waals surface area (Å²) in [4.78, 5) is 25.8. The Labute approximate surface area is 140 Å². The van der Waals surface area contributed by atoms with Gasteiger partial charge in [0.1, 0.15) is 12.2 Å². The predicted molar refractivity (Wildman–Crippen MR) is 88.9 cm³/mol. The molecule has 0 aliphatic carbocycles. The van der Waals surface area contributed by atoms with Crippen molar-refractivity contribution in [2.45, 2.75) is 64.1 Å². The van der Waals surface area contributed by atoms with Crippen molar-refractivity contribution >= 4 is 0 Å². The van der Waals surface area contributed by atoms with Crippen LogP contribution in [0.5, 0.6) is 0 Å². The number of aliphatic hydroxyl groups excluding tert-OH is 1. The molecule has 4 atom stereocenters. The number of H-pyrrole nitrogens is 1. The van der Waals surface area contributed by atoms with Gasteiger partial charge in [-0.25, -0.2) is 4.79 Å². The molecular formula is C16H27N3O5. The van der Waals surface area contributed by atoms with E-state index in [4.69, 9.17) is 15.2 Å². The Bertz CT molecular complexity index is 641. The highest BCUT2D eigenvalue weighted by Gasteiger charge is 2.43. The number of nitrogens with one attached hydrogen (secondary N) is 1. The molecule has 1 saturated heterocycles. The summed E-state index contributed by atoms with van der Waals surface area (Å²) in [5, 5.41) is 10.3. The van der Waals surface area contributed by atoms with Crippen LogP contribution in [0.3, 0.4) is 0 Å². The number of unbranched alkanes of at least 4 members (excludes halogenated alkanes) is 3. The molecule has 2 heterocycles. The van der Waals surface area contributed by atoms with E-state index in [1.54, 1.807) is 13.8 Å². The maximum atomic E-state index is 12.1. The van der Waals surface area contributed by atoms with Gasteiger partial charge in [0.15, 0.2) is 6.23 Å². The van der Waals surface area contributed by atoms with E-state index in [1.807, 2.05) is 0 Å². The third kappa shape index (κ3) is 4.32. The fourth-order valence-electron chi connectivity index (χ4n) is 2.81. The van der Waals surface area contributed by atoms with Gasteiger partial charge in [0.05, 0.1) is 6.10 Å². The van der Waals surface area contributed by atoms with Gasteiger partial charge in [0.25, 0.3) is 5.56 Å². The first-order chi connectivity index (χ1) is 11.5. The first-order valence-electron chi connectivity index (χ1n) is 8.43. The van der Waals surface area contributed by atoms with Crippen molar-refractivity contribution in [2.24, 2.45) is 5.73 Å². The first-order valence-corrected chi connectivity index (χ1v) is 8.43. The van der Waals surface area contributed by atoms with Gasteiger partial charge < -0.3 is 20.3 Å². The number of aliphatic hydroxyl groups is 1. The quantitative estimate of drug-likeness (QED) is 0.574. The lowest BCUT2D eigenvalue weighted by molar-refractivity contribution is -0.0703. The minimum Gasteiger partial charge on any atom is -0.388 e. The molecule has 0 bridgehead atoms. The summed E-state index contributed by atoms with van der Waals surface area (Å²) in [6.07, 6.45) is 2.61. The van der Waals surface area contributed by atoms with Crippen LogP contribution in [0, 0.1) is 6.92 Å². The first kappa shape index (κ1) is 18.9. The summed E-state index contributed by atoms with van der Waals surface area (Å²) >= 11 is 0. The lowest BCUT2D eigenvalue weighted by Crippen LogP contribution is -2.39. The van der Waals surface area contributed by atoms with Gasteiger partial charge in [-0.05, 0) is 33.2 Å². The van der Waals surface area contributed by atoms with E-state index in [9.17, 15) is 14.7 Å². The van der Waals surface area contributed by atoms with Crippen molar-refractivity contribution in [3.63, 3.8) is 0 Å². The summed E-state index contributed by atoms with van der Waals surface area (Å²) in [6.45, 7) is 4.49. The molecule has 136 valence electrons. The molecule has 8 heteroatoms. The van der Waals surface area contributed by atoms with Crippen LogP contribution in [-0.4, -0.2) is 46.1 Å². The molecule has 0 unspecified atom stereocenters. The molecular weight excluding hydrogens is 314 g/mol. The van der Waals surface area contributed by atoms with Crippen molar-refractivity contribution in [1.29, 1.82) is 0 Å². The van der Waals surface area contributed by atoms with Crippen LogP contribution in [0.2, 0.25) is 0 Å². The number of hydrogen-bond donors (Lipinski definition) is 3. The van der Waals surface area contributed by atoms with Crippen molar-refractivity contribution in [2.75, 3.05) is 13.2 Å². The highest BCUT2D eigenvalue weighted by Crippen LogP contribution is 2.30. The lowest BCUT2D eigenvalue weighted by Gasteiger charge is -2.22. The Morgan fingerprint density at radius 1 is 1.33 bits per heavy atom. The van der Waals surface area contributed by atoms with Crippen LogP contribution in [0.25, 0.3) is 0 Å². The summed E-state index contributed by atoms with van der Waals surface area (Å²) in [6, 6.07) is 0. The molecule has 1 aliphatic rings. The number of aromatic amines is 1. The van der Waals surface area contributed by atoms with Crippen molar-refractivity contribution < 1.29 is 14.6 Å². The third-order valence-electron chi connectivity index (χ3n) is 4.28. The maximum Gasteiger partial charge on any atom is 0.330 e. The topological polar surface area (TPSA) is 120 Å². The fraction of sp³-hybridized carbons (Fsp3) is 0.750. The van der Waals surface area contributed by atoms with Crippen LogP contribution in [0.4, 0.5) is 0 Å². The second-order valence-corrected chi connectivity index (χ2v) is 6.24. The van der Waals surface area contributed by atoms with Crippen molar-refractivity contribution in [3.05, 3.63) is 32.6 Å². The number of ether oxygens (including phenoxy) is 2. The van der Waals surface area contributed by atoms with E-state index in [-0.39, 0.29) is 0 Å². The van der Waals surface area contributed by atoms with Gasteiger partial charge in [0.2, 0.25) is 0 Å². The number of nitrogens with zero attached hydrogens (tertiary/aromatic N) is 1. The summed E-state index contributed by atoms with van der Waals surface area (Å²) in [5.41, 5.74) is 4.85. The average molecular weight is 341 g/mol. The number of nitrogens with two attached hydrogens (primary N) is 1.